The Balaban J connectivity index is 1.65. The lowest BCUT2D eigenvalue weighted by Crippen LogP contribution is -2.65. The summed E-state index contributed by atoms with van der Waals surface area (Å²) >= 11 is 0. The van der Waals surface area contributed by atoms with Crippen LogP contribution in [0.1, 0.15) is 29.6 Å². The van der Waals surface area contributed by atoms with Gasteiger partial charge in [0.25, 0.3) is 5.91 Å². The molecule has 0 bridgehead atoms. The monoisotopic (exact) mass is 261 g/mol. The molecule has 2 saturated heterocycles. The highest BCUT2D eigenvalue weighted by molar-refractivity contribution is 5.94. The van der Waals surface area contributed by atoms with Gasteiger partial charge in [-0.3, -0.25) is 14.6 Å². The average Bonchev–Trinajstić information content (AvgIpc) is 2.37. The van der Waals surface area contributed by atoms with Crippen molar-refractivity contribution < 1.29 is 14.7 Å². The highest BCUT2D eigenvalue weighted by atomic mass is 16.3. The quantitative estimate of drug-likeness (QED) is 0.711. The van der Waals surface area contributed by atoms with Crippen molar-refractivity contribution >= 4 is 11.8 Å². The van der Waals surface area contributed by atoms with Gasteiger partial charge in [-0.05, 0) is 18.9 Å². The van der Waals surface area contributed by atoms with E-state index < -0.39 is 0 Å². The molecule has 1 aromatic rings. The number of nitrogens with one attached hydrogen (secondary N) is 1. The van der Waals surface area contributed by atoms with Crippen LogP contribution < -0.4 is 5.32 Å². The van der Waals surface area contributed by atoms with Gasteiger partial charge >= 0.3 is 0 Å². The summed E-state index contributed by atoms with van der Waals surface area (Å²) in [6, 6.07) is 1.42. The molecule has 100 valence electrons. The Morgan fingerprint density at radius 2 is 2.05 bits per heavy atom. The number of β-lactam (4-membered cyclic amide) rings is 1. The number of likely N-dealkylation sites (tertiary alicyclic amines) is 1. The first kappa shape index (κ1) is 12.0. The smallest absolute Gasteiger partial charge is 0.255 e. The van der Waals surface area contributed by atoms with Crippen LogP contribution in [0.15, 0.2) is 18.5 Å². The van der Waals surface area contributed by atoms with Crippen molar-refractivity contribution in [1.29, 1.82) is 0 Å². The van der Waals surface area contributed by atoms with Crippen LogP contribution in [0, 0.1) is 0 Å². The third-order valence-electron chi connectivity index (χ3n) is 3.88. The van der Waals surface area contributed by atoms with Gasteiger partial charge in [-0.1, -0.05) is 0 Å². The van der Waals surface area contributed by atoms with E-state index in [2.05, 4.69) is 10.3 Å². The zero-order valence-electron chi connectivity index (χ0n) is 10.4. The first-order chi connectivity index (χ1) is 9.08. The average molecular weight is 261 g/mol. The number of nitrogens with zero attached hydrogens (tertiary/aromatic N) is 2. The Bertz CT molecular complexity index is 526. The van der Waals surface area contributed by atoms with E-state index in [0.29, 0.717) is 25.1 Å². The van der Waals surface area contributed by atoms with Crippen LogP contribution in [0.2, 0.25) is 0 Å². The SMILES string of the molecule is O=C1CC2(CCN(C(=O)c3cncc(O)c3)CC2)N1. The van der Waals surface area contributed by atoms with E-state index in [0.717, 1.165) is 12.8 Å². The normalized spacial score (nSPS) is 20.8. The maximum Gasteiger partial charge on any atom is 0.255 e. The van der Waals surface area contributed by atoms with E-state index in [-0.39, 0.29) is 23.1 Å². The van der Waals surface area contributed by atoms with Crippen LogP contribution in [-0.2, 0) is 4.79 Å². The first-order valence-corrected chi connectivity index (χ1v) is 6.32. The van der Waals surface area contributed by atoms with Crippen LogP contribution in [0.3, 0.4) is 0 Å². The molecular weight excluding hydrogens is 246 g/mol. The fraction of sp³-hybridized carbons (Fsp3) is 0.462. The van der Waals surface area contributed by atoms with E-state index in [4.69, 9.17) is 0 Å². The third kappa shape index (κ3) is 2.14. The Labute approximate surface area is 110 Å². The summed E-state index contributed by atoms with van der Waals surface area (Å²) in [5, 5.41) is 12.3. The molecule has 2 aliphatic rings. The molecule has 19 heavy (non-hydrogen) atoms. The minimum absolute atomic E-state index is 0.00872. The molecule has 1 spiro atoms. The molecule has 2 amide bonds. The molecule has 0 radical (unpaired) electrons. The number of piperidine rings is 1. The second-order valence-electron chi connectivity index (χ2n) is 5.23. The van der Waals surface area contributed by atoms with Gasteiger partial charge in [-0.2, -0.15) is 0 Å². The summed E-state index contributed by atoms with van der Waals surface area (Å²) in [5.74, 6) is -0.0357. The highest BCUT2D eigenvalue weighted by Gasteiger charge is 2.45. The van der Waals surface area contributed by atoms with E-state index in [1.165, 1.54) is 18.5 Å². The molecular formula is C13H15N3O3. The zero-order chi connectivity index (χ0) is 13.5. The Morgan fingerprint density at radius 3 is 2.63 bits per heavy atom. The lowest BCUT2D eigenvalue weighted by Gasteiger charge is -2.47. The van der Waals surface area contributed by atoms with E-state index >= 15 is 0 Å². The molecule has 0 atom stereocenters. The summed E-state index contributed by atoms with van der Waals surface area (Å²) < 4.78 is 0. The van der Waals surface area contributed by atoms with Gasteiger partial charge in [0.15, 0.2) is 0 Å². The summed E-state index contributed by atoms with van der Waals surface area (Å²) in [7, 11) is 0. The lowest BCUT2D eigenvalue weighted by molar-refractivity contribution is -0.134. The molecule has 6 nitrogen and oxygen atoms in total. The second-order valence-corrected chi connectivity index (χ2v) is 5.23. The van der Waals surface area contributed by atoms with Crippen LogP contribution in [0.4, 0.5) is 0 Å². The Kier molecular flexibility index (Phi) is 2.66. The van der Waals surface area contributed by atoms with Crippen LogP contribution in [0.25, 0.3) is 0 Å². The zero-order valence-corrected chi connectivity index (χ0v) is 10.4. The Morgan fingerprint density at radius 1 is 1.37 bits per heavy atom. The fourth-order valence-corrected chi connectivity index (χ4v) is 2.75. The Hall–Kier alpha value is -2.11. The van der Waals surface area contributed by atoms with Gasteiger partial charge in [-0.25, -0.2) is 0 Å². The van der Waals surface area contributed by atoms with Gasteiger partial charge in [0, 0.05) is 25.7 Å². The molecule has 0 aliphatic carbocycles. The molecule has 0 aromatic carbocycles. The minimum atomic E-state index is -0.121. The highest BCUT2D eigenvalue weighted by Crippen LogP contribution is 2.32. The molecule has 3 rings (SSSR count). The van der Waals surface area contributed by atoms with Crippen molar-refractivity contribution in [2.75, 3.05) is 13.1 Å². The van der Waals surface area contributed by atoms with Gasteiger partial charge in [-0.15, -0.1) is 0 Å². The van der Waals surface area contributed by atoms with E-state index in [1.807, 2.05) is 0 Å². The van der Waals surface area contributed by atoms with Crippen molar-refractivity contribution in [1.82, 2.24) is 15.2 Å². The number of hydrogen-bond donors (Lipinski definition) is 2. The number of carbonyl (C=O) groups excluding carboxylic acids is 2. The predicted octanol–water partition coefficient (Wildman–Crippen LogP) is 0.282. The summed E-state index contributed by atoms with van der Waals surface area (Å²) in [6.07, 6.45) is 4.90. The largest absolute Gasteiger partial charge is 0.506 e. The maximum atomic E-state index is 12.2. The van der Waals surface area contributed by atoms with Crippen LogP contribution in [0.5, 0.6) is 5.75 Å². The van der Waals surface area contributed by atoms with Gasteiger partial charge in [0.2, 0.25) is 5.91 Å². The first-order valence-electron chi connectivity index (χ1n) is 6.32. The van der Waals surface area contributed by atoms with Crippen LogP contribution >= 0.6 is 0 Å². The summed E-state index contributed by atoms with van der Waals surface area (Å²) in [4.78, 5) is 28.8. The van der Waals surface area contributed by atoms with Gasteiger partial charge < -0.3 is 15.3 Å². The fourth-order valence-electron chi connectivity index (χ4n) is 2.75. The maximum absolute atomic E-state index is 12.2. The minimum Gasteiger partial charge on any atom is -0.506 e. The van der Waals surface area contributed by atoms with Crippen molar-refractivity contribution in [2.45, 2.75) is 24.8 Å². The molecule has 0 saturated carbocycles. The van der Waals surface area contributed by atoms with E-state index in [9.17, 15) is 14.7 Å². The molecule has 0 unspecified atom stereocenters. The second kappa shape index (κ2) is 4.22. The molecule has 6 heteroatoms. The van der Waals surface area contributed by atoms with Crippen molar-refractivity contribution in [3.63, 3.8) is 0 Å². The number of hydrogen-bond acceptors (Lipinski definition) is 4. The molecule has 3 heterocycles. The summed E-state index contributed by atoms with van der Waals surface area (Å²) in [6.45, 7) is 1.24. The molecule has 2 aliphatic heterocycles. The van der Waals surface area contributed by atoms with E-state index in [1.54, 1.807) is 4.90 Å². The molecule has 2 fully saturated rings. The standard InChI is InChI=1S/C13H15N3O3/c17-10-5-9(7-14-8-10)12(19)16-3-1-13(2-4-16)6-11(18)15-13/h5,7-8,17H,1-4,6H2,(H,15,18). The molecule has 1 aromatic heterocycles. The number of amides is 2. The van der Waals surface area contributed by atoms with Gasteiger partial charge in [0.1, 0.15) is 5.75 Å². The topological polar surface area (TPSA) is 82.5 Å². The number of aromatic nitrogens is 1. The van der Waals surface area contributed by atoms with Crippen molar-refractivity contribution in [2.24, 2.45) is 0 Å². The van der Waals surface area contributed by atoms with Gasteiger partial charge in [0.05, 0.1) is 17.3 Å². The number of rotatable bonds is 1. The van der Waals surface area contributed by atoms with Crippen molar-refractivity contribution in [3.8, 4) is 5.75 Å². The number of aromatic hydroxyl groups is 1. The number of carbonyl (C=O) groups is 2. The predicted molar refractivity (Wildman–Crippen MR) is 66.5 cm³/mol. The third-order valence-corrected chi connectivity index (χ3v) is 3.88. The van der Waals surface area contributed by atoms with Crippen LogP contribution in [-0.4, -0.2) is 45.4 Å². The molecule has 2 N–H and O–H groups in total. The van der Waals surface area contributed by atoms with Crippen molar-refractivity contribution in [3.05, 3.63) is 24.0 Å². The number of pyridine rings is 1. The lowest BCUT2D eigenvalue weighted by atomic mass is 9.78. The summed E-state index contributed by atoms with van der Waals surface area (Å²) in [5.41, 5.74) is 0.318.